The monoisotopic (exact) mass is 488 g/mol. The molecular formula is C21H21BrN4O5. The van der Waals surface area contributed by atoms with Crippen molar-refractivity contribution in [1.29, 1.82) is 0 Å². The number of nitrogens with zero attached hydrogens (tertiary/aromatic N) is 2. The molecular weight excluding hydrogens is 468 g/mol. The number of amides is 2. The Hall–Kier alpha value is -2.95. The van der Waals surface area contributed by atoms with Crippen molar-refractivity contribution in [3.05, 3.63) is 58.7 Å². The Morgan fingerprint density at radius 2 is 1.94 bits per heavy atom. The first-order valence-electron chi connectivity index (χ1n) is 9.53. The molecule has 9 nitrogen and oxygen atoms in total. The Balaban J connectivity index is 1.75. The van der Waals surface area contributed by atoms with Gasteiger partial charge in [0.2, 0.25) is 11.8 Å². The van der Waals surface area contributed by atoms with Crippen molar-refractivity contribution >= 4 is 33.6 Å². The molecule has 4 atom stereocenters. The molecule has 2 aliphatic heterocycles. The zero-order chi connectivity index (χ0) is 22.1. The molecule has 1 aromatic heterocycles. The van der Waals surface area contributed by atoms with Crippen LogP contribution in [0.15, 0.2) is 53.2 Å². The summed E-state index contributed by atoms with van der Waals surface area (Å²) < 4.78 is 11.4. The highest BCUT2D eigenvalue weighted by Crippen LogP contribution is 2.40. The first-order chi connectivity index (χ1) is 14.9. The second-order valence-corrected chi connectivity index (χ2v) is 7.96. The predicted octanol–water partition coefficient (Wildman–Crippen LogP) is 1.80. The van der Waals surface area contributed by atoms with Crippen LogP contribution in [0.1, 0.15) is 11.7 Å². The lowest BCUT2D eigenvalue weighted by atomic mass is 9.90. The van der Waals surface area contributed by atoms with E-state index in [0.29, 0.717) is 27.4 Å². The van der Waals surface area contributed by atoms with Crippen LogP contribution in [0.25, 0.3) is 0 Å². The maximum absolute atomic E-state index is 12.6. The lowest BCUT2D eigenvalue weighted by molar-refractivity contribution is -0.126. The van der Waals surface area contributed by atoms with Crippen molar-refractivity contribution in [2.75, 3.05) is 19.6 Å². The van der Waals surface area contributed by atoms with E-state index < -0.39 is 30.0 Å². The average molecular weight is 489 g/mol. The van der Waals surface area contributed by atoms with Crippen LogP contribution < -0.4 is 20.2 Å². The Labute approximate surface area is 187 Å². The molecule has 1 aromatic carbocycles. The number of methoxy groups -OCH3 is 2. The number of carbonyl (C=O) groups is 2. The van der Waals surface area contributed by atoms with E-state index in [4.69, 9.17) is 9.47 Å². The van der Waals surface area contributed by atoms with E-state index in [1.807, 2.05) is 0 Å². The van der Waals surface area contributed by atoms with Crippen molar-refractivity contribution in [1.82, 2.24) is 15.3 Å². The minimum absolute atomic E-state index is 0.378. The molecule has 0 spiro atoms. The number of ether oxygens (including phenoxy) is 2. The van der Waals surface area contributed by atoms with Gasteiger partial charge in [-0.15, -0.1) is 0 Å². The first kappa shape index (κ1) is 21.3. The second kappa shape index (κ2) is 8.66. The van der Waals surface area contributed by atoms with Crippen LogP contribution in [-0.4, -0.2) is 53.2 Å². The van der Waals surface area contributed by atoms with E-state index in [2.05, 4.69) is 31.7 Å². The Morgan fingerprint density at radius 1 is 1.16 bits per heavy atom. The summed E-state index contributed by atoms with van der Waals surface area (Å²) in [5.41, 5.74) is 3.59. The fraction of sp³-hybridized carbons (Fsp3) is 0.286. The largest absolute Gasteiger partial charge is 0.496 e. The molecule has 1 saturated heterocycles. The number of pyridine rings is 1. The molecule has 2 aliphatic rings. The van der Waals surface area contributed by atoms with E-state index in [9.17, 15) is 14.7 Å². The molecule has 2 aromatic rings. The predicted molar refractivity (Wildman–Crippen MR) is 115 cm³/mol. The number of aliphatic hydroxyl groups is 1. The van der Waals surface area contributed by atoms with E-state index >= 15 is 0 Å². The summed E-state index contributed by atoms with van der Waals surface area (Å²) in [7, 11) is 3.03. The zero-order valence-electron chi connectivity index (χ0n) is 16.8. The molecule has 2 amide bonds. The highest BCUT2D eigenvalue weighted by Gasteiger charge is 2.50. The summed E-state index contributed by atoms with van der Waals surface area (Å²) in [5, 5.41) is 15.3. The van der Waals surface area contributed by atoms with Gasteiger partial charge in [0, 0.05) is 17.8 Å². The number of hydrogen-bond donors (Lipinski definition) is 3. The maximum Gasteiger partial charge on any atom is 0.246 e. The molecule has 4 rings (SSSR count). The molecule has 10 heteroatoms. The van der Waals surface area contributed by atoms with Crippen LogP contribution in [0.2, 0.25) is 0 Å². The van der Waals surface area contributed by atoms with Crippen LogP contribution in [0, 0.1) is 5.92 Å². The number of nitrogens with one attached hydrogen (secondary N) is 2. The summed E-state index contributed by atoms with van der Waals surface area (Å²) in [4.78, 5) is 29.1. The number of benzene rings is 1. The molecule has 0 radical (unpaired) electrons. The number of imide groups is 1. The number of aromatic nitrogens is 1. The number of hydrogen-bond acceptors (Lipinski definition) is 8. The minimum Gasteiger partial charge on any atom is -0.496 e. The standard InChI is InChI=1S/C21H21BrN4O5/c1-30-15-10-16(31-2)13(22)9-12(15)19(27)14-7-6-11-18(21(29)24-20(11)28)26(14)25-17-5-3-4-8-23-17/h3-11,14,18-19,27H,1-2H3,(H,23,25)(H,24,28,29). The normalized spacial score (nSPS) is 23.8. The van der Waals surface area contributed by atoms with E-state index in [0.717, 1.165) is 0 Å². The molecule has 0 bridgehead atoms. The van der Waals surface area contributed by atoms with Crippen LogP contribution in [-0.2, 0) is 9.59 Å². The molecule has 31 heavy (non-hydrogen) atoms. The number of aliphatic hydroxyl groups excluding tert-OH is 1. The molecule has 1 fully saturated rings. The van der Waals surface area contributed by atoms with E-state index in [1.54, 1.807) is 53.7 Å². The number of halogens is 1. The number of anilines is 1. The van der Waals surface area contributed by atoms with Gasteiger partial charge in [0.25, 0.3) is 0 Å². The van der Waals surface area contributed by atoms with E-state index in [-0.39, 0.29) is 5.91 Å². The van der Waals surface area contributed by atoms with Crippen LogP contribution in [0.5, 0.6) is 11.5 Å². The van der Waals surface area contributed by atoms with Gasteiger partial charge in [-0.05, 0) is 34.1 Å². The number of carbonyl (C=O) groups excluding carboxylic acids is 2. The van der Waals surface area contributed by atoms with Crippen LogP contribution >= 0.6 is 15.9 Å². The highest BCUT2D eigenvalue weighted by atomic mass is 79.9. The van der Waals surface area contributed by atoms with Crippen molar-refractivity contribution < 1.29 is 24.2 Å². The fourth-order valence-corrected chi connectivity index (χ4v) is 4.37. The summed E-state index contributed by atoms with van der Waals surface area (Å²) in [6.07, 6.45) is 3.86. The zero-order valence-corrected chi connectivity index (χ0v) is 18.4. The summed E-state index contributed by atoms with van der Waals surface area (Å²) in [6, 6.07) is 7.13. The van der Waals surface area contributed by atoms with Crippen molar-refractivity contribution in [3.8, 4) is 11.5 Å². The highest BCUT2D eigenvalue weighted by molar-refractivity contribution is 9.10. The average Bonchev–Trinajstić information content (AvgIpc) is 3.07. The van der Waals surface area contributed by atoms with Gasteiger partial charge in [0.05, 0.1) is 30.7 Å². The summed E-state index contributed by atoms with van der Waals surface area (Å²) in [6.45, 7) is 0. The van der Waals surface area contributed by atoms with Gasteiger partial charge in [0.1, 0.15) is 29.5 Å². The van der Waals surface area contributed by atoms with Gasteiger partial charge in [-0.1, -0.05) is 18.2 Å². The SMILES string of the molecule is COc1cc(OC)c(C(O)C2C=CC3C(=O)NC(=O)C3N2Nc2ccccn2)cc1Br. The van der Waals surface area contributed by atoms with Gasteiger partial charge in [-0.3, -0.25) is 14.9 Å². The molecule has 0 aliphatic carbocycles. The van der Waals surface area contributed by atoms with Crippen molar-refractivity contribution in [2.24, 2.45) is 5.92 Å². The van der Waals surface area contributed by atoms with Gasteiger partial charge >= 0.3 is 0 Å². The Kier molecular flexibility index (Phi) is 5.94. The van der Waals surface area contributed by atoms with Gasteiger partial charge in [0.15, 0.2) is 0 Å². The molecule has 3 N–H and O–H groups in total. The smallest absolute Gasteiger partial charge is 0.246 e. The lowest BCUT2D eigenvalue weighted by Gasteiger charge is -2.40. The molecule has 3 heterocycles. The minimum atomic E-state index is -1.10. The number of hydrazine groups is 1. The van der Waals surface area contributed by atoms with Gasteiger partial charge in [-0.2, -0.15) is 5.01 Å². The Bertz CT molecular complexity index is 1030. The third kappa shape index (κ3) is 3.89. The van der Waals surface area contributed by atoms with Crippen LogP contribution in [0.3, 0.4) is 0 Å². The van der Waals surface area contributed by atoms with Crippen LogP contribution in [0.4, 0.5) is 5.82 Å². The Morgan fingerprint density at radius 3 is 2.61 bits per heavy atom. The molecule has 0 saturated carbocycles. The number of rotatable bonds is 6. The maximum atomic E-state index is 12.6. The van der Waals surface area contributed by atoms with Crippen molar-refractivity contribution in [2.45, 2.75) is 18.2 Å². The molecule has 162 valence electrons. The third-order valence-corrected chi connectivity index (χ3v) is 5.97. The fourth-order valence-electron chi connectivity index (χ4n) is 3.85. The first-order valence-corrected chi connectivity index (χ1v) is 10.3. The lowest BCUT2D eigenvalue weighted by Crippen LogP contribution is -2.55. The third-order valence-electron chi connectivity index (χ3n) is 5.35. The topological polar surface area (TPSA) is 113 Å². The molecule has 4 unspecified atom stereocenters. The number of fused-ring (bicyclic) bond motifs is 1. The second-order valence-electron chi connectivity index (χ2n) is 7.11. The quantitative estimate of drug-likeness (QED) is 0.416. The van der Waals surface area contributed by atoms with Crippen molar-refractivity contribution in [3.63, 3.8) is 0 Å². The van der Waals surface area contributed by atoms with E-state index in [1.165, 1.54) is 14.2 Å². The van der Waals surface area contributed by atoms with Gasteiger partial charge in [-0.25, -0.2) is 4.98 Å². The summed E-state index contributed by atoms with van der Waals surface area (Å²) in [5.74, 6) is -0.0378. The summed E-state index contributed by atoms with van der Waals surface area (Å²) >= 11 is 3.44. The van der Waals surface area contributed by atoms with Gasteiger partial charge < -0.3 is 20.0 Å².